The fraction of sp³-hybridized carbons (Fsp3) is 0.591. The molecule has 0 spiro atoms. The number of carbonyl (C=O) groups is 3. The van der Waals surface area contributed by atoms with Crippen LogP contribution < -0.4 is 0 Å². The molecule has 0 radical (unpaired) electrons. The number of esters is 3. The molecule has 3 aliphatic rings. The van der Waals surface area contributed by atoms with Crippen molar-refractivity contribution in [3.05, 3.63) is 35.5 Å². The Kier molecular flexibility index (Phi) is 6.19. The monoisotopic (exact) mass is 420 g/mol. The first-order valence-electron chi connectivity index (χ1n) is 9.97. The Balaban J connectivity index is 1.97. The molecule has 0 unspecified atom stereocenters. The summed E-state index contributed by atoms with van der Waals surface area (Å²) < 4.78 is 22.6. The predicted molar refractivity (Wildman–Crippen MR) is 105 cm³/mol. The lowest BCUT2D eigenvalue weighted by atomic mass is 9.82. The zero-order valence-electron chi connectivity index (χ0n) is 17.7. The normalized spacial score (nSPS) is 37.8. The van der Waals surface area contributed by atoms with Gasteiger partial charge >= 0.3 is 17.9 Å². The third-order valence-corrected chi connectivity index (χ3v) is 5.95. The molecule has 30 heavy (non-hydrogen) atoms. The highest BCUT2D eigenvalue weighted by Crippen LogP contribution is 2.48. The fourth-order valence-corrected chi connectivity index (χ4v) is 4.13. The Morgan fingerprint density at radius 3 is 2.70 bits per heavy atom. The van der Waals surface area contributed by atoms with Crippen LogP contribution in [-0.4, -0.2) is 59.6 Å². The third-order valence-electron chi connectivity index (χ3n) is 5.95. The van der Waals surface area contributed by atoms with E-state index in [2.05, 4.69) is 6.58 Å². The van der Waals surface area contributed by atoms with E-state index in [1.807, 2.05) is 6.92 Å². The first-order chi connectivity index (χ1) is 14.1. The maximum absolute atomic E-state index is 12.5. The van der Waals surface area contributed by atoms with Crippen molar-refractivity contribution in [2.24, 2.45) is 5.92 Å². The van der Waals surface area contributed by atoms with Crippen molar-refractivity contribution in [1.29, 1.82) is 0 Å². The number of hydrogen-bond acceptors (Lipinski definition) is 8. The number of aliphatic hydroxyl groups is 1. The first-order valence-corrected chi connectivity index (χ1v) is 9.97. The molecule has 0 aromatic heterocycles. The number of rotatable bonds is 4. The van der Waals surface area contributed by atoms with Gasteiger partial charge in [0.05, 0.1) is 24.2 Å². The number of fused-ring (bicyclic) bond motifs is 2. The van der Waals surface area contributed by atoms with Crippen LogP contribution in [0.25, 0.3) is 0 Å². The molecule has 0 aromatic carbocycles. The Morgan fingerprint density at radius 2 is 2.07 bits per heavy atom. The van der Waals surface area contributed by atoms with Crippen LogP contribution in [0, 0.1) is 5.92 Å². The van der Waals surface area contributed by atoms with Crippen LogP contribution in [0.4, 0.5) is 0 Å². The summed E-state index contributed by atoms with van der Waals surface area (Å²) in [5.74, 6) is -2.15. The van der Waals surface area contributed by atoms with Crippen LogP contribution in [0.15, 0.2) is 35.5 Å². The highest BCUT2D eigenvalue weighted by molar-refractivity contribution is 5.92. The summed E-state index contributed by atoms with van der Waals surface area (Å²) in [4.78, 5) is 36.4. The summed E-state index contributed by atoms with van der Waals surface area (Å²) in [5, 5.41) is 9.05. The molecule has 0 aromatic rings. The van der Waals surface area contributed by atoms with E-state index in [0.717, 1.165) is 5.57 Å². The van der Waals surface area contributed by atoms with Crippen LogP contribution in [0.1, 0.15) is 40.5 Å². The molecule has 6 atom stereocenters. The minimum Gasteiger partial charge on any atom is -0.458 e. The number of carbonyl (C=O) groups excluding carboxylic acids is 3. The predicted octanol–water partition coefficient (Wildman–Crippen LogP) is 1.76. The van der Waals surface area contributed by atoms with Crippen LogP contribution >= 0.6 is 0 Å². The topological polar surface area (TPSA) is 112 Å². The third kappa shape index (κ3) is 4.49. The maximum Gasteiger partial charge on any atom is 0.334 e. The molecule has 2 saturated heterocycles. The highest BCUT2D eigenvalue weighted by Gasteiger charge is 2.58. The highest BCUT2D eigenvalue weighted by atomic mass is 16.6. The summed E-state index contributed by atoms with van der Waals surface area (Å²) in [6, 6.07) is 0. The molecule has 8 nitrogen and oxygen atoms in total. The number of aliphatic hydroxyl groups excluding tert-OH is 1. The van der Waals surface area contributed by atoms with Gasteiger partial charge in [-0.1, -0.05) is 6.58 Å². The van der Waals surface area contributed by atoms with E-state index >= 15 is 0 Å². The van der Waals surface area contributed by atoms with Gasteiger partial charge < -0.3 is 24.1 Å². The standard InChI is InChI=1S/C22H28O8/c1-11(6-7-23)20(25)29-17-10-22(5)18(30-22)9-15(27-14(4)24)12(2)8-16-19(17)13(3)21(26)28-16/h6,8,15-19,23H,3,7,9-10H2,1-2,4-5H3/b11-6+,12-8-/t15-,16+,17+,18+,19-,22+/m0/s1. The minimum atomic E-state index is -0.715. The van der Waals surface area contributed by atoms with Crippen molar-refractivity contribution in [3.8, 4) is 0 Å². The molecule has 2 fully saturated rings. The second-order valence-corrected chi connectivity index (χ2v) is 8.30. The molecule has 1 N–H and O–H groups in total. The van der Waals surface area contributed by atoms with Crippen LogP contribution in [0.5, 0.6) is 0 Å². The summed E-state index contributed by atoms with van der Waals surface area (Å²) in [7, 11) is 0. The second-order valence-electron chi connectivity index (χ2n) is 8.30. The van der Waals surface area contributed by atoms with Gasteiger partial charge in [0.15, 0.2) is 0 Å². The van der Waals surface area contributed by atoms with Crippen LogP contribution in [0.2, 0.25) is 0 Å². The average Bonchev–Trinajstić information content (AvgIpc) is 3.18. The first kappa shape index (κ1) is 22.2. The van der Waals surface area contributed by atoms with Crippen LogP contribution in [-0.2, 0) is 33.3 Å². The average molecular weight is 420 g/mol. The van der Waals surface area contributed by atoms with Gasteiger partial charge in [0.2, 0.25) is 0 Å². The molecule has 0 bridgehead atoms. The lowest BCUT2D eigenvalue weighted by Gasteiger charge is -2.29. The molecule has 1 aliphatic carbocycles. The van der Waals surface area contributed by atoms with Gasteiger partial charge in [0.25, 0.3) is 0 Å². The van der Waals surface area contributed by atoms with Gasteiger partial charge in [-0.25, -0.2) is 9.59 Å². The smallest absolute Gasteiger partial charge is 0.334 e. The molecule has 8 heteroatoms. The van der Waals surface area contributed by atoms with Crippen molar-refractivity contribution < 1.29 is 38.4 Å². The van der Waals surface area contributed by atoms with E-state index in [0.29, 0.717) is 12.8 Å². The van der Waals surface area contributed by atoms with Gasteiger partial charge in [0.1, 0.15) is 18.3 Å². The minimum absolute atomic E-state index is 0.191. The van der Waals surface area contributed by atoms with Crippen molar-refractivity contribution in [3.63, 3.8) is 0 Å². The summed E-state index contributed by atoms with van der Waals surface area (Å²) >= 11 is 0. The summed E-state index contributed by atoms with van der Waals surface area (Å²) in [5.41, 5.74) is 0.605. The molecule has 0 saturated carbocycles. The molecule has 3 rings (SSSR count). The fourth-order valence-electron chi connectivity index (χ4n) is 4.13. The SMILES string of the molecule is C=C1C(=O)O[C@@H]2/C=C(/C)[C@@H](OC(C)=O)C[C@H]3O[C@]3(C)C[C@@H](OC(=O)/C(C)=C/CO)[C@@H]12. The molecule has 2 heterocycles. The Morgan fingerprint density at radius 1 is 1.37 bits per heavy atom. The molecule has 2 aliphatic heterocycles. The molecular formula is C22H28O8. The maximum atomic E-state index is 12.5. The van der Waals surface area contributed by atoms with E-state index < -0.39 is 47.7 Å². The van der Waals surface area contributed by atoms with E-state index in [1.54, 1.807) is 19.9 Å². The number of hydrogen-bond donors (Lipinski definition) is 1. The van der Waals surface area contributed by atoms with Crippen molar-refractivity contribution in [2.75, 3.05) is 6.61 Å². The van der Waals surface area contributed by atoms with Gasteiger partial charge in [-0.2, -0.15) is 0 Å². The Hall–Kier alpha value is -2.45. The van der Waals surface area contributed by atoms with Crippen molar-refractivity contribution in [2.45, 2.75) is 70.6 Å². The lowest BCUT2D eigenvalue weighted by Crippen LogP contribution is -2.38. The lowest BCUT2D eigenvalue weighted by molar-refractivity contribution is -0.149. The molecule has 0 amide bonds. The van der Waals surface area contributed by atoms with E-state index in [9.17, 15) is 14.4 Å². The zero-order chi connectivity index (χ0) is 22.2. The molecule has 164 valence electrons. The summed E-state index contributed by atoms with van der Waals surface area (Å²) in [6.45, 7) is 10.2. The van der Waals surface area contributed by atoms with Crippen LogP contribution in [0.3, 0.4) is 0 Å². The van der Waals surface area contributed by atoms with E-state index in [-0.39, 0.29) is 23.9 Å². The zero-order valence-corrected chi connectivity index (χ0v) is 17.7. The van der Waals surface area contributed by atoms with Crippen molar-refractivity contribution >= 4 is 17.9 Å². The Bertz CT molecular complexity index is 825. The number of epoxide rings is 1. The quantitative estimate of drug-likeness (QED) is 0.241. The van der Waals surface area contributed by atoms with Gasteiger partial charge in [-0.3, -0.25) is 4.79 Å². The Labute approximate surface area is 175 Å². The molecular weight excluding hydrogens is 392 g/mol. The van der Waals surface area contributed by atoms with Crippen molar-refractivity contribution in [1.82, 2.24) is 0 Å². The number of ether oxygens (including phenoxy) is 4. The van der Waals surface area contributed by atoms with E-state index in [1.165, 1.54) is 13.0 Å². The summed E-state index contributed by atoms with van der Waals surface area (Å²) in [6.07, 6.45) is 1.75. The van der Waals surface area contributed by atoms with Gasteiger partial charge in [0, 0.05) is 30.9 Å². The van der Waals surface area contributed by atoms with E-state index in [4.69, 9.17) is 24.1 Å². The van der Waals surface area contributed by atoms with Gasteiger partial charge in [-0.05, 0) is 38.5 Å². The van der Waals surface area contributed by atoms with Gasteiger partial charge in [-0.15, -0.1) is 0 Å². The second kappa shape index (κ2) is 8.35. The largest absolute Gasteiger partial charge is 0.458 e.